The number of rotatable bonds is 8. The Hall–Kier alpha value is -1.73. The minimum Gasteiger partial charge on any atom is -0.355 e. The predicted molar refractivity (Wildman–Crippen MR) is 120 cm³/mol. The molecule has 0 aliphatic rings. The molecule has 0 aliphatic carbocycles. The quantitative estimate of drug-likeness (QED) is 0.306. The lowest BCUT2D eigenvalue weighted by atomic mass is 10.2. The molecule has 0 saturated heterocycles. The summed E-state index contributed by atoms with van der Waals surface area (Å²) in [6.07, 6.45) is 2.56. The lowest BCUT2D eigenvalue weighted by molar-refractivity contribution is 0.520. The van der Waals surface area contributed by atoms with Crippen molar-refractivity contribution in [2.75, 3.05) is 27.7 Å². The zero-order valence-corrected chi connectivity index (χ0v) is 19.7. The van der Waals surface area contributed by atoms with Gasteiger partial charge in [0, 0.05) is 47.2 Å². The van der Waals surface area contributed by atoms with Gasteiger partial charge in [-0.25, -0.2) is 12.7 Å². The van der Waals surface area contributed by atoms with Crippen molar-refractivity contribution in [3.05, 3.63) is 42.0 Å². The third-order valence-electron chi connectivity index (χ3n) is 4.04. The lowest BCUT2D eigenvalue weighted by Gasteiger charge is -2.14. The zero-order chi connectivity index (χ0) is 19.9. The van der Waals surface area contributed by atoms with Crippen molar-refractivity contribution in [1.82, 2.24) is 29.7 Å². The van der Waals surface area contributed by atoms with Gasteiger partial charge in [-0.15, -0.1) is 34.2 Å². The van der Waals surface area contributed by atoms with Crippen LogP contribution in [0.5, 0.6) is 0 Å². The average Bonchev–Trinajstić information content (AvgIpc) is 3.12. The van der Waals surface area contributed by atoms with E-state index >= 15 is 0 Å². The summed E-state index contributed by atoms with van der Waals surface area (Å²) in [6, 6.07) is 6.81. The smallest absolute Gasteiger partial charge is 0.242 e. The number of guanidine groups is 1. The van der Waals surface area contributed by atoms with Crippen molar-refractivity contribution in [3.8, 4) is 0 Å². The maximum Gasteiger partial charge on any atom is 0.242 e. The van der Waals surface area contributed by atoms with Crippen LogP contribution in [0.2, 0.25) is 0 Å². The van der Waals surface area contributed by atoms with Crippen LogP contribution in [0.25, 0.3) is 0 Å². The Morgan fingerprint density at radius 1 is 1.21 bits per heavy atom. The van der Waals surface area contributed by atoms with Gasteiger partial charge in [-0.2, -0.15) is 0 Å². The zero-order valence-electron chi connectivity index (χ0n) is 16.6. The van der Waals surface area contributed by atoms with Gasteiger partial charge in [-0.3, -0.25) is 4.99 Å². The molecule has 0 saturated carbocycles. The van der Waals surface area contributed by atoms with E-state index in [4.69, 9.17) is 0 Å². The molecule has 1 aromatic heterocycles. The normalized spacial score (nSPS) is 12.0. The number of hydrogen-bond acceptors (Lipinski definition) is 5. The number of halogens is 1. The number of aliphatic imine (C=N–C) groups is 1. The summed E-state index contributed by atoms with van der Waals surface area (Å²) in [4.78, 5) is 4.47. The second-order valence-electron chi connectivity index (χ2n) is 6.08. The number of hydrogen-bond donors (Lipinski definition) is 2. The molecule has 0 unspecified atom stereocenters. The van der Waals surface area contributed by atoms with Crippen LogP contribution in [-0.2, 0) is 29.5 Å². The Morgan fingerprint density at radius 2 is 1.89 bits per heavy atom. The van der Waals surface area contributed by atoms with E-state index in [1.807, 2.05) is 11.5 Å². The molecule has 9 nitrogen and oxygen atoms in total. The first-order valence-electron chi connectivity index (χ1n) is 8.71. The van der Waals surface area contributed by atoms with E-state index in [2.05, 4.69) is 25.8 Å². The van der Waals surface area contributed by atoms with Crippen LogP contribution in [0.4, 0.5) is 0 Å². The molecule has 0 spiro atoms. The lowest BCUT2D eigenvalue weighted by Crippen LogP contribution is -2.38. The van der Waals surface area contributed by atoms with Crippen LogP contribution >= 0.6 is 24.0 Å². The van der Waals surface area contributed by atoms with Gasteiger partial charge in [0.25, 0.3) is 0 Å². The highest BCUT2D eigenvalue weighted by atomic mass is 127. The second-order valence-corrected chi connectivity index (χ2v) is 8.23. The van der Waals surface area contributed by atoms with Gasteiger partial charge in [0.2, 0.25) is 10.0 Å². The van der Waals surface area contributed by atoms with Crippen LogP contribution in [-0.4, -0.2) is 61.1 Å². The number of nitrogens with zero attached hydrogens (tertiary/aromatic N) is 5. The molecule has 2 rings (SSSR count). The van der Waals surface area contributed by atoms with E-state index in [0.717, 1.165) is 24.4 Å². The van der Waals surface area contributed by atoms with E-state index in [1.54, 1.807) is 37.6 Å². The molecule has 2 N–H and O–H groups in total. The van der Waals surface area contributed by atoms with Gasteiger partial charge in [-0.1, -0.05) is 19.1 Å². The third-order valence-corrected chi connectivity index (χ3v) is 5.87. The van der Waals surface area contributed by atoms with Crippen molar-refractivity contribution >= 4 is 40.0 Å². The Bertz CT molecular complexity index is 864. The molecule has 1 heterocycles. The summed E-state index contributed by atoms with van der Waals surface area (Å²) in [7, 11) is 1.34. The van der Waals surface area contributed by atoms with Gasteiger partial charge in [0.1, 0.15) is 12.2 Å². The number of aromatic nitrogens is 3. The summed E-state index contributed by atoms with van der Waals surface area (Å²) in [5, 5.41) is 14.4. The minimum atomic E-state index is -3.40. The van der Waals surface area contributed by atoms with E-state index in [9.17, 15) is 8.42 Å². The molecule has 28 heavy (non-hydrogen) atoms. The van der Waals surface area contributed by atoms with Crippen LogP contribution < -0.4 is 10.6 Å². The van der Waals surface area contributed by atoms with E-state index in [1.165, 1.54) is 18.4 Å². The maximum absolute atomic E-state index is 12.1. The number of benzene rings is 1. The molecule has 0 amide bonds. The van der Waals surface area contributed by atoms with E-state index in [-0.39, 0.29) is 28.9 Å². The van der Waals surface area contributed by atoms with Gasteiger partial charge >= 0.3 is 0 Å². The predicted octanol–water partition coefficient (Wildman–Crippen LogP) is 1.07. The summed E-state index contributed by atoms with van der Waals surface area (Å²) in [6.45, 7) is 4.01. The summed E-state index contributed by atoms with van der Waals surface area (Å²) in [5.41, 5.74) is 0.961. The van der Waals surface area contributed by atoms with Crippen LogP contribution in [0.1, 0.15) is 18.3 Å². The number of aryl methyl sites for hydroxylation is 1. The SMILES string of the molecule is CCc1nncn1CCNC(=NC)NCc1ccc(S(=O)(=O)N(C)C)cc1.I. The highest BCUT2D eigenvalue weighted by Crippen LogP contribution is 2.13. The highest BCUT2D eigenvalue weighted by molar-refractivity contribution is 14.0. The molecule has 1 aromatic carbocycles. The van der Waals surface area contributed by atoms with E-state index in [0.29, 0.717) is 19.0 Å². The second kappa shape index (κ2) is 11.3. The molecule has 0 fully saturated rings. The molecule has 0 atom stereocenters. The van der Waals surface area contributed by atoms with Crippen molar-refractivity contribution in [3.63, 3.8) is 0 Å². The Balaban J connectivity index is 0.00000392. The van der Waals surface area contributed by atoms with Crippen molar-refractivity contribution in [2.45, 2.75) is 31.3 Å². The first kappa shape index (κ1) is 24.3. The standard InChI is InChI=1S/C17H27N7O2S.HI/c1-5-16-22-21-13-24(16)11-10-19-17(18-2)20-12-14-6-8-15(9-7-14)27(25,26)23(3)4;/h6-9,13H,5,10-12H2,1-4H3,(H2,18,19,20);1H. The van der Waals surface area contributed by atoms with Gasteiger partial charge in [0.05, 0.1) is 4.90 Å². The molecule has 0 aliphatic heterocycles. The molecule has 2 aromatic rings. The third kappa shape index (κ3) is 6.41. The number of nitrogens with one attached hydrogen (secondary N) is 2. The molecular formula is C17H28IN7O2S. The van der Waals surface area contributed by atoms with Crippen LogP contribution in [0.3, 0.4) is 0 Å². The van der Waals surface area contributed by atoms with Crippen LogP contribution in [0, 0.1) is 0 Å². The monoisotopic (exact) mass is 521 g/mol. The average molecular weight is 521 g/mol. The molecule has 11 heteroatoms. The molecule has 0 bridgehead atoms. The Kier molecular flexibility index (Phi) is 9.82. The molecular weight excluding hydrogens is 493 g/mol. The fourth-order valence-corrected chi connectivity index (χ4v) is 3.33. The van der Waals surface area contributed by atoms with E-state index < -0.39 is 10.0 Å². The van der Waals surface area contributed by atoms with Gasteiger partial charge in [-0.05, 0) is 17.7 Å². The fraction of sp³-hybridized carbons (Fsp3) is 0.471. The summed E-state index contributed by atoms with van der Waals surface area (Å²) in [5.74, 6) is 1.62. The van der Waals surface area contributed by atoms with Gasteiger partial charge < -0.3 is 15.2 Å². The fourth-order valence-electron chi connectivity index (χ4n) is 2.43. The Labute approximate surface area is 183 Å². The molecule has 0 radical (unpaired) electrons. The van der Waals surface area contributed by atoms with Crippen molar-refractivity contribution < 1.29 is 8.42 Å². The first-order chi connectivity index (χ1) is 12.9. The van der Waals surface area contributed by atoms with Crippen molar-refractivity contribution in [1.29, 1.82) is 0 Å². The first-order valence-corrected chi connectivity index (χ1v) is 10.1. The number of sulfonamides is 1. The van der Waals surface area contributed by atoms with Crippen LogP contribution in [0.15, 0.2) is 40.5 Å². The maximum atomic E-state index is 12.1. The topological polar surface area (TPSA) is 105 Å². The summed E-state index contributed by atoms with van der Waals surface area (Å²) < 4.78 is 27.4. The van der Waals surface area contributed by atoms with Gasteiger partial charge in [0.15, 0.2) is 5.96 Å². The van der Waals surface area contributed by atoms with Crippen molar-refractivity contribution in [2.24, 2.45) is 4.99 Å². The highest BCUT2D eigenvalue weighted by Gasteiger charge is 2.16. The summed E-state index contributed by atoms with van der Waals surface area (Å²) >= 11 is 0. The minimum absolute atomic E-state index is 0. The Morgan fingerprint density at radius 3 is 2.46 bits per heavy atom. The largest absolute Gasteiger partial charge is 0.355 e. The molecule has 156 valence electrons.